The van der Waals surface area contributed by atoms with Gasteiger partial charge in [0, 0.05) is 46.1 Å². The number of benzene rings is 1. The molecule has 11 heteroatoms. The van der Waals surface area contributed by atoms with E-state index < -0.39 is 39.4 Å². The molecule has 2 saturated heterocycles. The largest absolute Gasteiger partial charge is 0.480 e. The van der Waals surface area contributed by atoms with Crippen LogP contribution >= 0.6 is 0 Å². The SMILES string of the molecule is CC(=O)N1CCC(N(C)C(=O)CC[C@@H](CS(=O)(=O)Cc2ccccc2)C(=O)N2CCC[C@H]2C(=O)O)CC1. The molecule has 0 aromatic heterocycles. The monoisotopic (exact) mass is 535 g/mol. The predicted molar refractivity (Wildman–Crippen MR) is 137 cm³/mol. The van der Waals surface area contributed by atoms with E-state index in [0.29, 0.717) is 44.3 Å². The van der Waals surface area contributed by atoms with Crippen LogP contribution in [0.3, 0.4) is 0 Å². The number of sulfone groups is 1. The van der Waals surface area contributed by atoms with E-state index in [4.69, 9.17) is 0 Å². The predicted octanol–water partition coefficient (Wildman–Crippen LogP) is 1.54. The topological polar surface area (TPSA) is 132 Å². The van der Waals surface area contributed by atoms with Gasteiger partial charge in [-0.15, -0.1) is 0 Å². The lowest BCUT2D eigenvalue weighted by atomic mass is 10.00. The normalized spacial score (nSPS) is 19.5. The number of hydrogen-bond acceptors (Lipinski definition) is 6. The van der Waals surface area contributed by atoms with E-state index in [1.165, 1.54) is 11.8 Å². The van der Waals surface area contributed by atoms with Crippen molar-refractivity contribution >= 4 is 33.5 Å². The molecular weight excluding hydrogens is 498 g/mol. The summed E-state index contributed by atoms with van der Waals surface area (Å²) in [6.45, 7) is 2.92. The van der Waals surface area contributed by atoms with Gasteiger partial charge in [0.2, 0.25) is 17.7 Å². The van der Waals surface area contributed by atoms with Crippen LogP contribution < -0.4 is 0 Å². The number of aliphatic carboxylic acids is 1. The minimum Gasteiger partial charge on any atom is -0.480 e. The third-order valence-electron chi connectivity index (χ3n) is 7.41. The molecule has 37 heavy (non-hydrogen) atoms. The van der Waals surface area contributed by atoms with Gasteiger partial charge >= 0.3 is 5.97 Å². The maximum Gasteiger partial charge on any atom is 0.326 e. The van der Waals surface area contributed by atoms with Gasteiger partial charge in [-0.2, -0.15) is 0 Å². The molecule has 2 aliphatic heterocycles. The highest BCUT2D eigenvalue weighted by atomic mass is 32.2. The molecule has 10 nitrogen and oxygen atoms in total. The molecule has 1 aromatic rings. The molecule has 3 rings (SSSR count). The summed E-state index contributed by atoms with van der Waals surface area (Å²) in [7, 11) is -2.01. The molecule has 0 aliphatic carbocycles. The minimum absolute atomic E-state index is 0.00655. The van der Waals surface area contributed by atoms with Crippen LogP contribution in [0.15, 0.2) is 30.3 Å². The average molecular weight is 536 g/mol. The van der Waals surface area contributed by atoms with Crippen LogP contribution in [0, 0.1) is 5.92 Å². The summed E-state index contributed by atoms with van der Waals surface area (Å²) in [5.74, 6) is -3.51. The maximum absolute atomic E-state index is 13.4. The minimum atomic E-state index is -3.71. The first kappa shape index (κ1) is 28.6. The number of carboxylic acids is 1. The lowest BCUT2D eigenvalue weighted by molar-refractivity contribution is -0.150. The Morgan fingerprint density at radius 2 is 1.70 bits per heavy atom. The van der Waals surface area contributed by atoms with Crippen molar-refractivity contribution in [2.24, 2.45) is 5.92 Å². The molecule has 0 unspecified atom stereocenters. The second kappa shape index (κ2) is 12.5. The van der Waals surface area contributed by atoms with Crippen molar-refractivity contribution in [3.8, 4) is 0 Å². The van der Waals surface area contributed by atoms with Gasteiger partial charge in [0.15, 0.2) is 9.84 Å². The third-order valence-corrected chi connectivity index (χ3v) is 9.10. The summed E-state index contributed by atoms with van der Waals surface area (Å²) in [6.07, 6.45) is 2.17. The first-order valence-corrected chi connectivity index (χ1v) is 14.6. The van der Waals surface area contributed by atoms with Gasteiger partial charge < -0.3 is 19.8 Å². The molecule has 1 N–H and O–H groups in total. The van der Waals surface area contributed by atoms with Crippen LogP contribution in [0.4, 0.5) is 0 Å². The van der Waals surface area contributed by atoms with E-state index in [-0.39, 0.29) is 43.0 Å². The summed E-state index contributed by atoms with van der Waals surface area (Å²) < 4.78 is 26.1. The van der Waals surface area contributed by atoms with Crippen molar-refractivity contribution in [1.82, 2.24) is 14.7 Å². The van der Waals surface area contributed by atoms with Crippen LogP contribution in [0.1, 0.15) is 51.0 Å². The zero-order chi connectivity index (χ0) is 27.2. The number of nitrogens with zero attached hydrogens (tertiary/aromatic N) is 3. The van der Waals surface area contributed by atoms with E-state index >= 15 is 0 Å². The van der Waals surface area contributed by atoms with Gasteiger partial charge in [-0.05, 0) is 37.7 Å². The van der Waals surface area contributed by atoms with Gasteiger partial charge in [-0.1, -0.05) is 30.3 Å². The fourth-order valence-electron chi connectivity index (χ4n) is 5.24. The van der Waals surface area contributed by atoms with E-state index in [1.54, 1.807) is 47.2 Å². The van der Waals surface area contributed by atoms with Crippen molar-refractivity contribution < 1.29 is 32.7 Å². The van der Waals surface area contributed by atoms with Crippen LogP contribution in [0.25, 0.3) is 0 Å². The first-order valence-electron chi connectivity index (χ1n) is 12.8. The van der Waals surface area contributed by atoms with Crippen molar-refractivity contribution in [3.63, 3.8) is 0 Å². The van der Waals surface area contributed by atoms with Crippen LogP contribution in [-0.4, -0.2) is 96.4 Å². The molecule has 2 heterocycles. The summed E-state index contributed by atoms with van der Waals surface area (Å²) in [6, 6.07) is 7.66. The van der Waals surface area contributed by atoms with Gasteiger partial charge in [0.1, 0.15) is 6.04 Å². The molecule has 2 atom stereocenters. The first-order chi connectivity index (χ1) is 17.5. The van der Waals surface area contributed by atoms with Gasteiger partial charge in [0.25, 0.3) is 0 Å². The highest BCUT2D eigenvalue weighted by Gasteiger charge is 2.39. The average Bonchev–Trinajstić information content (AvgIpc) is 3.36. The molecule has 0 spiro atoms. The molecule has 204 valence electrons. The zero-order valence-corrected chi connectivity index (χ0v) is 22.4. The molecule has 1 aromatic carbocycles. The summed E-state index contributed by atoms with van der Waals surface area (Å²) >= 11 is 0. The summed E-state index contributed by atoms with van der Waals surface area (Å²) in [5, 5.41) is 9.53. The Labute approximate surface area is 218 Å². The highest BCUT2D eigenvalue weighted by molar-refractivity contribution is 7.90. The van der Waals surface area contributed by atoms with Gasteiger partial charge in [0.05, 0.1) is 17.4 Å². The third kappa shape index (κ3) is 7.77. The number of rotatable bonds is 10. The molecule has 0 bridgehead atoms. The summed E-state index contributed by atoms with van der Waals surface area (Å²) in [4.78, 5) is 54.3. The van der Waals surface area contributed by atoms with E-state index in [9.17, 15) is 32.7 Å². The van der Waals surface area contributed by atoms with E-state index in [1.807, 2.05) is 0 Å². The zero-order valence-electron chi connectivity index (χ0n) is 21.5. The molecule has 3 amide bonds. The Morgan fingerprint density at radius 1 is 1.05 bits per heavy atom. The number of amides is 3. The molecular formula is C26H37N3O7S. The Kier molecular flexibility index (Phi) is 9.69. The smallest absolute Gasteiger partial charge is 0.326 e. The van der Waals surface area contributed by atoms with Gasteiger partial charge in [-0.3, -0.25) is 14.4 Å². The lowest BCUT2D eigenvalue weighted by Gasteiger charge is -2.36. The second-order valence-corrected chi connectivity index (χ2v) is 12.2. The Balaban J connectivity index is 1.69. The number of carboxylic acid groups (broad SMARTS) is 1. The number of likely N-dealkylation sites (tertiary alicyclic amines) is 2. The highest BCUT2D eigenvalue weighted by Crippen LogP contribution is 2.25. The van der Waals surface area contributed by atoms with Crippen LogP contribution in [-0.2, 0) is 34.8 Å². The molecule has 0 saturated carbocycles. The van der Waals surface area contributed by atoms with Crippen molar-refractivity contribution in [2.45, 2.75) is 63.3 Å². The number of carbonyl (C=O) groups excluding carboxylic acids is 3. The van der Waals surface area contributed by atoms with Crippen molar-refractivity contribution in [3.05, 3.63) is 35.9 Å². The number of hydrogen-bond donors (Lipinski definition) is 1. The quantitative estimate of drug-likeness (QED) is 0.481. The number of carbonyl (C=O) groups is 4. The fraction of sp³-hybridized carbons (Fsp3) is 0.615. The van der Waals surface area contributed by atoms with Crippen LogP contribution in [0.2, 0.25) is 0 Å². The van der Waals surface area contributed by atoms with Crippen molar-refractivity contribution in [2.75, 3.05) is 32.4 Å². The fourth-order valence-corrected chi connectivity index (χ4v) is 6.98. The van der Waals surface area contributed by atoms with E-state index in [0.717, 1.165) is 0 Å². The second-order valence-electron chi connectivity index (χ2n) is 10.0. The maximum atomic E-state index is 13.4. The van der Waals surface area contributed by atoms with Crippen molar-refractivity contribution in [1.29, 1.82) is 0 Å². The number of piperidine rings is 1. The molecule has 2 aliphatic rings. The molecule has 2 fully saturated rings. The Bertz CT molecular complexity index is 1080. The standard InChI is InChI=1S/C26H37N3O7S/c1-19(30)28-15-12-22(13-16-28)27(2)24(31)11-10-21(25(32)29-14-6-9-23(29)26(33)34)18-37(35,36)17-20-7-4-3-5-8-20/h3-5,7-8,21-23H,6,9-18H2,1-2H3,(H,33,34)/t21-,23-/m0/s1. The van der Waals surface area contributed by atoms with Gasteiger partial charge in [-0.25, -0.2) is 13.2 Å². The van der Waals surface area contributed by atoms with E-state index in [2.05, 4.69) is 0 Å². The Morgan fingerprint density at radius 3 is 2.30 bits per heavy atom. The molecule has 0 radical (unpaired) electrons. The lowest BCUT2D eigenvalue weighted by Crippen LogP contribution is -2.47. The Hall–Kier alpha value is -2.95. The summed E-state index contributed by atoms with van der Waals surface area (Å²) in [5.41, 5.74) is 0.603. The van der Waals surface area contributed by atoms with Crippen LogP contribution in [0.5, 0.6) is 0 Å².